The van der Waals surface area contributed by atoms with E-state index >= 15 is 0 Å². The fourth-order valence-electron chi connectivity index (χ4n) is 4.67. The first-order valence-electron chi connectivity index (χ1n) is 10.6. The van der Waals surface area contributed by atoms with Crippen molar-refractivity contribution in [2.24, 2.45) is 10.9 Å². The van der Waals surface area contributed by atoms with Gasteiger partial charge < -0.3 is 9.47 Å². The predicted molar refractivity (Wildman–Crippen MR) is 125 cm³/mol. The molecule has 0 saturated carbocycles. The highest BCUT2D eigenvalue weighted by atomic mass is 35.5. The van der Waals surface area contributed by atoms with Crippen molar-refractivity contribution >= 4 is 29.1 Å². The summed E-state index contributed by atoms with van der Waals surface area (Å²) >= 11 is 6.03. The number of nitriles is 1. The van der Waals surface area contributed by atoms with Crippen molar-refractivity contribution in [3.63, 3.8) is 0 Å². The molecule has 1 heterocycles. The van der Waals surface area contributed by atoms with E-state index in [4.69, 9.17) is 26.1 Å². The van der Waals surface area contributed by atoms with E-state index in [1.54, 1.807) is 18.2 Å². The summed E-state index contributed by atoms with van der Waals surface area (Å²) in [5.41, 5.74) is 3.77. The van der Waals surface area contributed by atoms with Gasteiger partial charge in [-0.15, -0.1) is 0 Å². The molecule has 33 heavy (non-hydrogen) atoms. The van der Waals surface area contributed by atoms with Gasteiger partial charge >= 0.3 is 5.97 Å². The number of carbonyl (C=O) groups excluding carboxylic acids is 2. The highest BCUT2D eigenvalue weighted by Crippen LogP contribution is 2.47. The summed E-state index contributed by atoms with van der Waals surface area (Å²) in [6.07, 6.45) is 0.948. The fourth-order valence-corrected chi connectivity index (χ4v) is 4.80. The number of carbonyl (C=O) groups is 2. The van der Waals surface area contributed by atoms with E-state index in [9.17, 15) is 14.9 Å². The number of hydrogen-bond acceptors (Lipinski definition) is 6. The molecule has 1 aliphatic heterocycles. The lowest BCUT2D eigenvalue weighted by molar-refractivity contribution is -0.132. The minimum absolute atomic E-state index is 0.00484. The number of benzene rings is 2. The molecule has 0 aromatic heterocycles. The smallest absolute Gasteiger partial charge is 0.308 e. The highest BCUT2D eigenvalue weighted by Gasteiger charge is 2.41. The zero-order chi connectivity index (χ0) is 23.7. The maximum atomic E-state index is 13.4. The number of halogens is 1. The zero-order valence-corrected chi connectivity index (χ0v) is 19.3. The van der Waals surface area contributed by atoms with Crippen LogP contribution in [0.25, 0.3) is 0 Å². The van der Waals surface area contributed by atoms with Crippen LogP contribution in [0.4, 0.5) is 0 Å². The predicted octanol–water partition coefficient (Wildman–Crippen LogP) is 5.37. The summed E-state index contributed by atoms with van der Waals surface area (Å²) in [7, 11) is 1.48. The number of hydrogen-bond donors (Lipinski definition) is 0. The van der Waals surface area contributed by atoms with Gasteiger partial charge in [0.15, 0.2) is 17.3 Å². The molecule has 2 aromatic rings. The van der Waals surface area contributed by atoms with E-state index < -0.39 is 17.8 Å². The Morgan fingerprint density at radius 1 is 1.12 bits per heavy atom. The number of aliphatic imine (C=N–C) groups is 1. The fraction of sp³-hybridized carbons (Fsp3) is 0.308. The third-order valence-corrected chi connectivity index (χ3v) is 6.42. The van der Waals surface area contributed by atoms with E-state index in [-0.39, 0.29) is 17.5 Å². The van der Waals surface area contributed by atoms with E-state index in [1.807, 2.05) is 31.2 Å². The number of ketones is 1. The second-order valence-corrected chi connectivity index (χ2v) is 8.72. The number of allylic oxidation sites excluding steroid dienone is 2. The van der Waals surface area contributed by atoms with Crippen molar-refractivity contribution in [1.29, 1.82) is 5.26 Å². The van der Waals surface area contributed by atoms with Gasteiger partial charge in [-0.1, -0.05) is 29.8 Å². The molecular formula is C26H23ClN2O4. The van der Waals surface area contributed by atoms with Gasteiger partial charge in [0.2, 0.25) is 0 Å². The number of ether oxygens (including phenoxy) is 2. The monoisotopic (exact) mass is 462 g/mol. The molecule has 3 atom stereocenters. The Hall–Kier alpha value is -3.43. The SMILES string of the molecule is COc1cc([C@H]2C3=C(C[C@H](c4ccc(Cl)cc4)CC3=O)N=C(C)C2C#N)ccc1OC(C)=O. The molecule has 0 bridgehead atoms. The normalized spacial score (nSPS) is 22.2. The standard InChI is InChI=1S/C26H23ClN2O4/c1-14-20(13-28)25(17-6-9-23(33-15(2)30)24(12-17)32-3)26-21(29-14)10-18(11-22(26)31)16-4-7-19(27)8-5-16/h4-9,12,18,20,25H,10-11H2,1-3H3/t18-,20?,25+/m0/s1. The maximum absolute atomic E-state index is 13.4. The molecule has 0 saturated heterocycles. The lowest BCUT2D eigenvalue weighted by Crippen LogP contribution is -2.32. The Morgan fingerprint density at radius 2 is 1.82 bits per heavy atom. The molecule has 2 aromatic carbocycles. The summed E-state index contributed by atoms with van der Waals surface area (Å²) in [4.78, 5) is 29.5. The first-order chi connectivity index (χ1) is 15.8. The molecule has 7 heteroatoms. The van der Waals surface area contributed by atoms with Gasteiger partial charge in [-0.3, -0.25) is 14.6 Å². The number of esters is 1. The van der Waals surface area contributed by atoms with Crippen LogP contribution in [-0.4, -0.2) is 24.6 Å². The molecule has 0 spiro atoms. The Labute approximate surface area is 197 Å². The summed E-state index contributed by atoms with van der Waals surface area (Å²) < 4.78 is 10.6. The second-order valence-electron chi connectivity index (χ2n) is 8.28. The van der Waals surface area contributed by atoms with Crippen molar-refractivity contribution in [3.05, 3.63) is 69.9 Å². The van der Waals surface area contributed by atoms with Crippen LogP contribution >= 0.6 is 11.6 Å². The van der Waals surface area contributed by atoms with Gasteiger partial charge in [0.05, 0.1) is 19.1 Å². The summed E-state index contributed by atoms with van der Waals surface area (Å²) in [6.45, 7) is 3.14. The molecule has 1 unspecified atom stereocenters. The molecule has 2 aliphatic rings. The van der Waals surface area contributed by atoms with E-state index in [1.165, 1.54) is 14.0 Å². The van der Waals surface area contributed by atoms with Crippen LogP contribution in [0.2, 0.25) is 5.02 Å². The third kappa shape index (κ3) is 4.42. The quantitative estimate of drug-likeness (QED) is 0.450. The summed E-state index contributed by atoms with van der Waals surface area (Å²) in [5, 5.41) is 10.6. The minimum Gasteiger partial charge on any atom is -0.493 e. The average Bonchev–Trinajstić information content (AvgIpc) is 2.78. The van der Waals surface area contributed by atoms with Gasteiger partial charge in [0.25, 0.3) is 0 Å². The summed E-state index contributed by atoms with van der Waals surface area (Å²) in [5.74, 6) is -0.867. The van der Waals surface area contributed by atoms with Gasteiger partial charge in [0, 0.05) is 41.3 Å². The highest BCUT2D eigenvalue weighted by molar-refractivity contribution is 6.30. The Morgan fingerprint density at radius 3 is 2.45 bits per heavy atom. The van der Waals surface area contributed by atoms with Crippen LogP contribution in [0.1, 0.15) is 49.7 Å². The average molecular weight is 463 g/mol. The van der Waals surface area contributed by atoms with E-state index in [0.29, 0.717) is 34.9 Å². The number of methoxy groups -OCH3 is 1. The van der Waals surface area contributed by atoms with Crippen molar-refractivity contribution in [2.75, 3.05) is 7.11 Å². The van der Waals surface area contributed by atoms with Crippen LogP contribution < -0.4 is 9.47 Å². The van der Waals surface area contributed by atoms with Crippen molar-refractivity contribution < 1.29 is 19.1 Å². The van der Waals surface area contributed by atoms with Crippen LogP contribution in [0.15, 0.2) is 58.7 Å². The maximum Gasteiger partial charge on any atom is 0.308 e. The van der Waals surface area contributed by atoms with Crippen molar-refractivity contribution in [3.8, 4) is 17.6 Å². The largest absolute Gasteiger partial charge is 0.493 e. The van der Waals surface area contributed by atoms with Gasteiger partial charge in [0.1, 0.15) is 0 Å². The van der Waals surface area contributed by atoms with Gasteiger partial charge in [-0.25, -0.2) is 0 Å². The molecule has 0 fully saturated rings. The number of Topliss-reactive ketones (excluding diaryl/α,β-unsaturated/α-hetero) is 1. The van der Waals surface area contributed by atoms with Crippen LogP contribution in [0.3, 0.4) is 0 Å². The molecule has 1 aliphatic carbocycles. The Bertz CT molecular complexity index is 1220. The zero-order valence-electron chi connectivity index (χ0n) is 18.6. The number of nitrogens with zero attached hydrogens (tertiary/aromatic N) is 2. The molecule has 168 valence electrons. The Balaban J connectivity index is 1.77. The molecule has 0 radical (unpaired) electrons. The van der Waals surface area contributed by atoms with Gasteiger partial charge in [-0.2, -0.15) is 5.26 Å². The minimum atomic E-state index is -0.580. The first-order valence-corrected chi connectivity index (χ1v) is 11.0. The first kappa shape index (κ1) is 22.8. The third-order valence-electron chi connectivity index (χ3n) is 6.17. The number of rotatable bonds is 4. The molecule has 0 N–H and O–H groups in total. The topological polar surface area (TPSA) is 88.8 Å². The molecular weight excluding hydrogens is 440 g/mol. The van der Waals surface area contributed by atoms with Gasteiger partial charge in [-0.05, 0) is 54.7 Å². The Kier molecular flexibility index (Phi) is 6.35. The van der Waals surface area contributed by atoms with Crippen LogP contribution in [0.5, 0.6) is 11.5 Å². The molecule has 4 rings (SSSR count). The molecule has 0 amide bonds. The summed E-state index contributed by atoms with van der Waals surface area (Å²) in [6, 6.07) is 15.0. The van der Waals surface area contributed by atoms with Crippen molar-refractivity contribution in [1.82, 2.24) is 0 Å². The molecule has 6 nitrogen and oxygen atoms in total. The van der Waals surface area contributed by atoms with Crippen molar-refractivity contribution in [2.45, 2.75) is 38.5 Å². The lowest BCUT2D eigenvalue weighted by Gasteiger charge is -2.35. The lowest BCUT2D eigenvalue weighted by atomic mass is 9.69. The van der Waals surface area contributed by atoms with Crippen LogP contribution in [-0.2, 0) is 9.59 Å². The second kappa shape index (κ2) is 9.21. The van der Waals surface area contributed by atoms with E-state index in [2.05, 4.69) is 6.07 Å². The van der Waals surface area contributed by atoms with Crippen LogP contribution in [0, 0.1) is 17.2 Å². The van der Waals surface area contributed by atoms with E-state index in [0.717, 1.165) is 16.8 Å².